The third-order valence-corrected chi connectivity index (χ3v) is 4.26. The summed E-state index contributed by atoms with van der Waals surface area (Å²) >= 11 is 0. The lowest BCUT2D eigenvalue weighted by Crippen LogP contribution is -2.38. The highest BCUT2D eigenvalue weighted by Crippen LogP contribution is 2.32. The van der Waals surface area contributed by atoms with Crippen molar-refractivity contribution in [2.45, 2.75) is 32.0 Å². The van der Waals surface area contributed by atoms with Crippen LogP contribution in [0.1, 0.15) is 19.8 Å². The number of esters is 1. The van der Waals surface area contributed by atoms with Gasteiger partial charge in [0.05, 0.1) is 18.6 Å². The fraction of sp³-hybridized carbons (Fsp3) is 0.700. The van der Waals surface area contributed by atoms with Crippen molar-refractivity contribution in [3.63, 3.8) is 0 Å². The largest absolute Gasteiger partial charge is 0.466 e. The zero-order chi connectivity index (χ0) is 12.1. The summed E-state index contributed by atoms with van der Waals surface area (Å²) in [5.41, 5.74) is 0.850. The lowest BCUT2D eigenvalue weighted by atomic mass is 9.81. The first-order valence-electron chi connectivity index (χ1n) is 5.54. The van der Waals surface area contributed by atoms with Gasteiger partial charge in [0.2, 0.25) is 0 Å². The maximum Gasteiger partial charge on any atom is 0.313 e. The molecule has 0 aliphatic heterocycles. The van der Waals surface area contributed by atoms with Crippen LogP contribution in [0.15, 0.2) is 12.2 Å². The average Bonchev–Trinajstić information content (AvgIpc) is 2.29. The zero-order valence-electron chi connectivity index (χ0n) is 10.2. The lowest BCUT2D eigenvalue weighted by Gasteiger charge is -2.35. The van der Waals surface area contributed by atoms with E-state index in [1.54, 1.807) is 0 Å². The van der Waals surface area contributed by atoms with E-state index in [4.69, 9.17) is 13.6 Å². The van der Waals surface area contributed by atoms with Crippen LogP contribution in [0.3, 0.4) is 0 Å². The Hall–Kier alpha value is -0.436. The number of carbonyl (C=O) groups is 1. The lowest BCUT2D eigenvalue weighted by molar-refractivity contribution is -0.148. The molecule has 0 N–H and O–H groups in total. The van der Waals surface area contributed by atoms with Crippen LogP contribution in [0.25, 0.3) is 0 Å². The second-order valence-electron chi connectivity index (χ2n) is 3.93. The molecule has 0 radical (unpaired) electrons. The molecule has 4 nitrogen and oxygen atoms in total. The van der Waals surface area contributed by atoms with Crippen molar-refractivity contribution < 1.29 is 18.4 Å². The van der Waals surface area contributed by atoms with Gasteiger partial charge in [-0.3, -0.25) is 4.79 Å². The number of hydrogen-bond donors (Lipinski definition) is 0. The van der Waals surface area contributed by atoms with Gasteiger partial charge in [0, 0.05) is 12.5 Å². The first-order valence-corrected chi connectivity index (χ1v) is 7.18. The predicted octanol–water partition coefficient (Wildman–Crippen LogP) is -1.15. The fourth-order valence-electron chi connectivity index (χ4n) is 2.06. The van der Waals surface area contributed by atoms with Gasteiger partial charge in [-0.05, 0) is 18.9 Å². The van der Waals surface area contributed by atoms with Gasteiger partial charge in [0.15, 0.2) is 0 Å². The van der Waals surface area contributed by atoms with Crippen LogP contribution in [0.5, 0.6) is 0 Å². The van der Waals surface area contributed by atoms with Crippen molar-refractivity contribution >= 4 is 26.9 Å². The van der Waals surface area contributed by atoms with Gasteiger partial charge >= 0.3 is 5.97 Å². The molecule has 1 saturated carbocycles. The van der Waals surface area contributed by atoms with E-state index in [-0.39, 0.29) is 24.1 Å². The highest BCUT2D eigenvalue weighted by molar-refractivity contribution is 5.98. The van der Waals surface area contributed by atoms with Crippen LogP contribution in [0, 0.1) is 5.92 Å². The molecule has 0 aromatic carbocycles. The van der Waals surface area contributed by atoms with E-state index in [1.807, 2.05) is 6.92 Å². The molecule has 1 rings (SSSR count). The van der Waals surface area contributed by atoms with Crippen LogP contribution < -0.4 is 0 Å². The minimum atomic E-state index is -0.258. The molecule has 0 heterocycles. The van der Waals surface area contributed by atoms with E-state index in [0.29, 0.717) is 34.0 Å². The molecule has 0 aromatic rings. The van der Waals surface area contributed by atoms with Crippen molar-refractivity contribution in [3.8, 4) is 0 Å². The summed E-state index contributed by atoms with van der Waals surface area (Å²) in [6, 6.07) is 0. The van der Waals surface area contributed by atoms with Crippen LogP contribution >= 0.6 is 0 Å². The van der Waals surface area contributed by atoms with Crippen molar-refractivity contribution in [2.24, 2.45) is 5.92 Å². The summed E-state index contributed by atoms with van der Waals surface area (Å²) in [6.07, 6.45) is 1.59. The van der Waals surface area contributed by atoms with Gasteiger partial charge in [0.25, 0.3) is 0 Å². The van der Waals surface area contributed by atoms with Crippen molar-refractivity contribution in [1.82, 2.24) is 0 Å². The van der Waals surface area contributed by atoms with E-state index in [0.717, 1.165) is 12.0 Å². The minimum absolute atomic E-state index is 0.0335. The van der Waals surface area contributed by atoms with E-state index < -0.39 is 0 Å². The Bertz CT molecular complexity index is 270. The summed E-state index contributed by atoms with van der Waals surface area (Å²) in [4.78, 5) is 11.8. The van der Waals surface area contributed by atoms with Gasteiger partial charge in [-0.15, -0.1) is 0 Å². The van der Waals surface area contributed by atoms with E-state index in [2.05, 4.69) is 6.58 Å². The average molecular weight is 260 g/mol. The van der Waals surface area contributed by atoms with Gasteiger partial charge in [-0.25, -0.2) is 0 Å². The summed E-state index contributed by atoms with van der Waals surface area (Å²) in [7, 11) is 1.32. The smallest absolute Gasteiger partial charge is 0.313 e. The molecule has 0 saturated heterocycles. The highest BCUT2D eigenvalue weighted by atomic mass is 28.2. The number of hydrogen-bond acceptors (Lipinski definition) is 4. The predicted molar refractivity (Wildman–Crippen MR) is 68.1 cm³/mol. The van der Waals surface area contributed by atoms with Crippen LogP contribution in [0.2, 0.25) is 0 Å². The summed E-state index contributed by atoms with van der Waals surface area (Å²) in [5, 5.41) is 0. The molecule has 1 aliphatic rings. The van der Waals surface area contributed by atoms with Gasteiger partial charge in [-0.2, -0.15) is 0 Å². The number of rotatable bonds is 4. The Kier molecular flexibility index (Phi) is 5.40. The maximum atomic E-state index is 11.8. The molecule has 16 heavy (non-hydrogen) atoms. The molecule has 92 valence electrons. The summed E-state index contributed by atoms with van der Waals surface area (Å²) in [5.74, 6) is -0.453. The van der Waals surface area contributed by atoms with E-state index in [1.165, 1.54) is 0 Å². The Labute approximate surface area is 102 Å². The third kappa shape index (κ3) is 3.03. The third-order valence-electron chi connectivity index (χ3n) is 3.03. The maximum absolute atomic E-state index is 11.8. The SMILES string of the molecule is C=C1C(O[SiH3])CC(O[SiH3])CC1C(=O)OCC. The van der Waals surface area contributed by atoms with Crippen molar-refractivity contribution in [3.05, 3.63) is 12.2 Å². The quantitative estimate of drug-likeness (QED) is 0.364. The van der Waals surface area contributed by atoms with Crippen LogP contribution in [-0.4, -0.2) is 45.8 Å². The zero-order valence-corrected chi connectivity index (χ0v) is 14.2. The summed E-state index contributed by atoms with van der Waals surface area (Å²) < 4.78 is 16.0. The molecule has 6 heteroatoms. The standard InChI is InChI=1S/C10H20O4Si2/c1-3-12-10(11)8-4-7(13-15)5-9(14-16)6(8)2/h7-9H,2-5H2,1,15-16H3. The Balaban J connectivity index is 2.73. The Morgan fingerprint density at radius 2 is 2.12 bits per heavy atom. The highest BCUT2D eigenvalue weighted by Gasteiger charge is 2.36. The van der Waals surface area contributed by atoms with Gasteiger partial charge < -0.3 is 13.6 Å². The Morgan fingerprint density at radius 1 is 1.44 bits per heavy atom. The second-order valence-corrected chi connectivity index (χ2v) is 4.88. The van der Waals surface area contributed by atoms with Gasteiger partial charge in [-0.1, -0.05) is 6.58 Å². The minimum Gasteiger partial charge on any atom is -0.466 e. The molecule has 1 aliphatic carbocycles. The number of ether oxygens (including phenoxy) is 1. The molecule has 0 spiro atoms. The second kappa shape index (κ2) is 6.34. The molecule has 0 amide bonds. The van der Waals surface area contributed by atoms with Crippen LogP contribution in [0.4, 0.5) is 0 Å². The molecular weight excluding hydrogens is 240 g/mol. The normalized spacial score (nSPS) is 30.6. The molecule has 0 bridgehead atoms. The van der Waals surface area contributed by atoms with Gasteiger partial charge in [0.1, 0.15) is 21.0 Å². The first kappa shape index (κ1) is 13.6. The monoisotopic (exact) mass is 260 g/mol. The molecule has 3 atom stereocenters. The molecule has 0 aromatic heterocycles. The number of carbonyl (C=O) groups excluding carboxylic acids is 1. The summed E-state index contributed by atoms with van der Waals surface area (Å²) in [6.45, 7) is 6.19. The molecule has 3 unspecified atom stereocenters. The molecule has 1 fully saturated rings. The van der Waals surface area contributed by atoms with Crippen molar-refractivity contribution in [1.29, 1.82) is 0 Å². The fourth-order valence-corrected chi connectivity index (χ4v) is 2.94. The van der Waals surface area contributed by atoms with E-state index in [9.17, 15) is 4.79 Å². The topological polar surface area (TPSA) is 44.8 Å². The van der Waals surface area contributed by atoms with Crippen molar-refractivity contribution in [2.75, 3.05) is 6.61 Å². The molecular formula is C10H20O4Si2. The van der Waals surface area contributed by atoms with E-state index >= 15 is 0 Å². The van der Waals surface area contributed by atoms with Crippen LogP contribution in [-0.2, 0) is 18.4 Å². The Morgan fingerprint density at radius 3 is 2.62 bits per heavy atom. The first-order chi connectivity index (χ1) is 7.63.